The molecule has 138 valence electrons. The van der Waals surface area contributed by atoms with Crippen LogP contribution in [-0.2, 0) is 22.6 Å². The van der Waals surface area contributed by atoms with E-state index < -0.39 is 0 Å². The summed E-state index contributed by atoms with van der Waals surface area (Å²) in [6.45, 7) is 2.36. The predicted octanol–water partition coefficient (Wildman–Crippen LogP) is 3.34. The Morgan fingerprint density at radius 3 is 2.44 bits per heavy atom. The molecule has 2 amide bonds. The van der Waals surface area contributed by atoms with Crippen LogP contribution in [0.4, 0.5) is 11.4 Å². The summed E-state index contributed by atoms with van der Waals surface area (Å²) in [5.74, 6) is -0.434. The van der Waals surface area contributed by atoms with Gasteiger partial charge in [0.05, 0.1) is 18.9 Å². The van der Waals surface area contributed by atoms with E-state index in [1.165, 1.54) is 0 Å². The topological polar surface area (TPSA) is 76.0 Å². The fourth-order valence-electron chi connectivity index (χ4n) is 2.70. The van der Waals surface area contributed by atoms with E-state index in [0.29, 0.717) is 24.3 Å². The molecule has 2 N–H and O–H groups in total. The molecule has 3 aromatic rings. The summed E-state index contributed by atoms with van der Waals surface area (Å²) < 4.78 is 1.73. The average Bonchev–Trinajstić information content (AvgIpc) is 3.15. The molecule has 6 heteroatoms. The largest absolute Gasteiger partial charge is 0.326 e. The lowest BCUT2D eigenvalue weighted by atomic mass is 10.1. The molecule has 0 saturated carbocycles. The van der Waals surface area contributed by atoms with E-state index in [0.717, 1.165) is 5.56 Å². The minimum Gasteiger partial charge on any atom is -0.326 e. The molecule has 6 nitrogen and oxygen atoms in total. The van der Waals surface area contributed by atoms with Crippen LogP contribution in [0.15, 0.2) is 73.1 Å². The van der Waals surface area contributed by atoms with Crippen LogP contribution in [0.2, 0.25) is 0 Å². The molecule has 3 rings (SSSR count). The molecule has 0 saturated heterocycles. The summed E-state index contributed by atoms with van der Waals surface area (Å²) in [6.07, 6.45) is 3.82. The Hall–Kier alpha value is -3.41. The third-order valence-corrected chi connectivity index (χ3v) is 4.09. The third-order valence-electron chi connectivity index (χ3n) is 4.09. The van der Waals surface area contributed by atoms with Gasteiger partial charge in [-0.2, -0.15) is 5.10 Å². The van der Waals surface area contributed by atoms with E-state index in [9.17, 15) is 9.59 Å². The number of hydrogen-bond acceptors (Lipinski definition) is 3. The Morgan fingerprint density at radius 2 is 1.74 bits per heavy atom. The maximum Gasteiger partial charge on any atom is 0.229 e. The summed E-state index contributed by atoms with van der Waals surface area (Å²) in [6, 6.07) is 18.5. The molecular weight excluding hydrogens is 340 g/mol. The summed E-state index contributed by atoms with van der Waals surface area (Å²) >= 11 is 0. The monoisotopic (exact) mass is 362 g/mol. The van der Waals surface area contributed by atoms with Gasteiger partial charge < -0.3 is 10.6 Å². The van der Waals surface area contributed by atoms with E-state index in [2.05, 4.69) is 15.7 Å². The number of amides is 2. The van der Waals surface area contributed by atoms with E-state index in [4.69, 9.17) is 0 Å². The first-order chi connectivity index (χ1) is 13.1. The highest BCUT2D eigenvalue weighted by molar-refractivity contribution is 5.95. The molecule has 1 aromatic heterocycles. The van der Waals surface area contributed by atoms with Gasteiger partial charge in [0, 0.05) is 23.8 Å². The van der Waals surface area contributed by atoms with Gasteiger partial charge in [0.2, 0.25) is 11.8 Å². The quantitative estimate of drug-likeness (QED) is 0.677. The van der Waals surface area contributed by atoms with E-state index in [1.54, 1.807) is 35.1 Å². The van der Waals surface area contributed by atoms with Crippen LogP contribution in [0.25, 0.3) is 0 Å². The zero-order valence-electron chi connectivity index (χ0n) is 15.1. The maximum absolute atomic E-state index is 12.4. The van der Waals surface area contributed by atoms with Gasteiger partial charge in [0.15, 0.2) is 0 Å². The van der Waals surface area contributed by atoms with Gasteiger partial charge in [-0.25, -0.2) is 0 Å². The van der Waals surface area contributed by atoms with Crippen molar-refractivity contribution >= 4 is 23.2 Å². The lowest BCUT2D eigenvalue weighted by Gasteiger charge is -2.13. The highest BCUT2D eigenvalue weighted by Gasteiger charge is 2.14. The van der Waals surface area contributed by atoms with Crippen molar-refractivity contribution in [1.29, 1.82) is 0 Å². The molecule has 0 aliphatic carbocycles. The highest BCUT2D eigenvalue weighted by atomic mass is 16.2. The summed E-state index contributed by atoms with van der Waals surface area (Å²) in [7, 11) is 0. The van der Waals surface area contributed by atoms with Gasteiger partial charge in [-0.3, -0.25) is 14.3 Å². The number of nitrogens with one attached hydrogen (secondary N) is 2. The van der Waals surface area contributed by atoms with Crippen molar-refractivity contribution in [2.24, 2.45) is 5.92 Å². The third kappa shape index (κ3) is 5.54. The van der Waals surface area contributed by atoms with Crippen LogP contribution < -0.4 is 10.6 Å². The second kappa shape index (κ2) is 8.80. The van der Waals surface area contributed by atoms with Gasteiger partial charge in [-0.05, 0) is 29.8 Å². The number of carbonyl (C=O) groups is 2. The Balaban J connectivity index is 1.56. The Bertz CT molecular complexity index is 892. The number of rotatable bonds is 7. The van der Waals surface area contributed by atoms with Crippen molar-refractivity contribution in [1.82, 2.24) is 9.78 Å². The lowest BCUT2D eigenvalue weighted by molar-refractivity contribution is -0.119. The van der Waals surface area contributed by atoms with Gasteiger partial charge in [-0.15, -0.1) is 0 Å². The molecule has 1 unspecified atom stereocenters. The number of benzene rings is 2. The van der Waals surface area contributed by atoms with Gasteiger partial charge in [0.25, 0.3) is 0 Å². The number of hydrogen-bond donors (Lipinski definition) is 2. The molecule has 0 spiro atoms. The van der Waals surface area contributed by atoms with Crippen LogP contribution in [0.5, 0.6) is 0 Å². The number of aromatic nitrogens is 2. The summed E-state index contributed by atoms with van der Waals surface area (Å²) in [4.78, 5) is 24.6. The molecule has 0 aliphatic heterocycles. The van der Waals surface area contributed by atoms with E-state index in [-0.39, 0.29) is 17.7 Å². The summed E-state index contributed by atoms with van der Waals surface area (Å²) in [5, 5.41) is 9.87. The second-order valence-electron chi connectivity index (χ2n) is 6.41. The van der Waals surface area contributed by atoms with Crippen LogP contribution in [-0.4, -0.2) is 21.6 Å². The molecule has 27 heavy (non-hydrogen) atoms. The van der Waals surface area contributed by atoms with Crippen molar-refractivity contribution in [3.8, 4) is 0 Å². The fourth-order valence-corrected chi connectivity index (χ4v) is 2.70. The normalized spacial score (nSPS) is 11.6. The highest BCUT2D eigenvalue weighted by Crippen LogP contribution is 2.17. The lowest BCUT2D eigenvalue weighted by Crippen LogP contribution is -2.24. The van der Waals surface area contributed by atoms with Crippen LogP contribution in [0, 0.1) is 5.92 Å². The van der Waals surface area contributed by atoms with Crippen LogP contribution >= 0.6 is 0 Å². The maximum atomic E-state index is 12.4. The molecule has 0 aliphatic rings. The first-order valence-electron chi connectivity index (χ1n) is 8.82. The zero-order chi connectivity index (χ0) is 19.1. The second-order valence-corrected chi connectivity index (χ2v) is 6.41. The fraction of sp³-hybridized carbons (Fsp3) is 0.190. The van der Waals surface area contributed by atoms with E-state index in [1.807, 2.05) is 49.5 Å². The van der Waals surface area contributed by atoms with Crippen LogP contribution in [0.1, 0.15) is 12.5 Å². The molecule has 1 atom stereocenters. The minimum atomic E-state index is -0.235. The van der Waals surface area contributed by atoms with Crippen molar-refractivity contribution in [2.45, 2.75) is 19.9 Å². The molecule has 0 radical (unpaired) electrons. The van der Waals surface area contributed by atoms with Crippen molar-refractivity contribution in [3.63, 3.8) is 0 Å². The Labute approximate surface area is 158 Å². The van der Waals surface area contributed by atoms with Gasteiger partial charge >= 0.3 is 0 Å². The smallest absolute Gasteiger partial charge is 0.229 e. The molecule has 0 bridgehead atoms. The van der Waals surface area contributed by atoms with Gasteiger partial charge in [-0.1, -0.05) is 43.3 Å². The average molecular weight is 362 g/mol. The Kier molecular flexibility index (Phi) is 5.99. The molecule has 1 heterocycles. The minimum absolute atomic E-state index is 0.0988. The van der Waals surface area contributed by atoms with Crippen molar-refractivity contribution < 1.29 is 9.59 Å². The van der Waals surface area contributed by atoms with E-state index >= 15 is 0 Å². The Morgan fingerprint density at radius 1 is 1.00 bits per heavy atom. The van der Waals surface area contributed by atoms with Crippen molar-refractivity contribution in [3.05, 3.63) is 78.6 Å². The standard InChI is InChI=1S/C21H22N4O2/c1-16(15-25-12-6-11-22-25)21(27)24-19-10-5-9-18(14-19)23-20(26)13-17-7-3-2-4-8-17/h2-12,14,16H,13,15H2,1H3,(H,23,26)(H,24,27). The molecule has 2 aromatic carbocycles. The predicted molar refractivity (Wildman–Crippen MR) is 105 cm³/mol. The first-order valence-corrected chi connectivity index (χ1v) is 8.82. The number of nitrogens with zero attached hydrogens (tertiary/aromatic N) is 2. The number of anilines is 2. The SMILES string of the molecule is CC(Cn1cccn1)C(=O)Nc1cccc(NC(=O)Cc2ccccc2)c1. The zero-order valence-corrected chi connectivity index (χ0v) is 15.1. The first kappa shape index (κ1) is 18.4. The molecular formula is C21H22N4O2. The number of carbonyl (C=O) groups excluding carboxylic acids is 2. The van der Waals surface area contributed by atoms with Crippen LogP contribution in [0.3, 0.4) is 0 Å². The molecule has 0 fully saturated rings. The van der Waals surface area contributed by atoms with Crippen molar-refractivity contribution in [2.75, 3.05) is 10.6 Å². The van der Waals surface area contributed by atoms with Gasteiger partial charge in [0.1, 0.15) is 0 Å². The summed E-state index contributed by atoms with van der Waals surface area (Å²) in [5.41, 5.74) is 2.24.